The van der Waals surface area contributed by atoms with Crippen molar-refractivity contribution in [3.63, 3.8) is 0 Å². The summed E-state index contributed by atoms with van der Waals surface area (Å²) in [4.78, 5) is 24.5. The van der Waals surface area contributed by atoms with E-state index in [1.165, 1.54) is 7.11 Å². The van der Waals surface area contributed by atoms with Crippen LogP contribution < -0.4 is 9.64 Å². The van der Waals surface area contributed by atoms with Gasteiger partial charge >= 0.3 is 0 Å². The van der Waals surface area contributed by atoms with Gasteiger partial charge in [0, 0.05) is 12.5 Å². The van der Waals surface area contributed by atoms with Crippen molar-refractivity contribution in [1.82, 2.24) is 0 Å². The number of carbonyl (C=O) groups excluding carboxylic acids is 2. The first-order valence-corrected chi connectivity index (χ1v) is 5.34. The molecule has 0 bridgehead atoms. The van der Waals surface area contributed by atoms with Crippen LogP contribution in [0, 0.1) is 0 Å². The summed E-state index contributed by atoms with van der Waals surface area (Å²) in [6, 6.07) is 6.85. The van der Waals surface area contributed by atoms with E-state index in [1.807, 2.05) is 0 Å². The van der Waals surface area contributed by atoms with E-state index >= 15 is 0 Å². The van der Waals surface area contributed by atoms with Crippen molar-refractivity contribution in [1.29, 1.82) is 0 Å². The van der Waals surface area contributed by atoms with Crippen LogP contribution in [0.3, 0.4) is 0 Å². The second-order valence-electron chi connectivity index (χ2n) is 3.49. The molecule has 1 aliphatic rings. The summed E-state index contributed by atoms with van der Waals surface area (Å²) in [5, 5.41) is -0.529. The van der Waals surface area contributed by atoms with Crippen LogP contribution in [0.25, 0.3) is 0 Å². The molecule has 1 aromatic rings. The maximum Gasteiger partial charge on any atom is 0.247 e. The first kappa shape index (κ1) is 11.0. The van der Waals surface area contributed by atoms with Crippen molar-refractivity contribution in [3.8, 4) is 5.75 Å². The molecule has 84 valence electrons. The Morgan fingerprint density at radius 2 is 2.19 bits per heavy atom. The molecule has 1 unspecified atom stereocenters. The van der Waals surface area contributed by atoms with Crippen LogP contribution in [-0.4, -0.2) is 24.2 Å². The van der Waals surface area contributed by atoms with Gasteiger partial charge in [-0.3, -0.25) is 9.59 Å². The van der Waals surface area contributed by atoms with Crippen LogP contribution in [-0.2, 0) is 9.59 Å². The first-order chi connectivity index (χ1) is 7.63. The lowest BCUT2D eigenvalue weighted by Gasteiger charge is -2.14. The highest BCUT2D eigenvalue weighted by Crippen LogP contribution is 2.27. The SMILES string of the molecule is COc1cccc(N2C(=O)CC(S)C2=O)c1. The Kier molecular flexibility index (Phi) is 2.87. The molecular weight excluding hydrogens is 226 g/mol. The summed E-state index contributed by atoms with van der Waals surface area (Å²) in [6.07, 6.45) is 0.152. The number of methoxy groups -OCH3 is 1. The fourth-order valence-electron chi connectivity index (χ4n) is 1.64. The Labute approximate surface area is 98.6 Å². The number of amides is 2. The van der Waals surface area contributed by atoms with Crippen molar-refractivity contribution < 1.29 is 14.3 Å². The van der Waals surface area contributed by atoms with Crippen molar-refractivity contribution in [3.05, 3.63) is 24.3 Å². The van der Waals surface area contributed by atoms with Crippen LogP contribution in [0.15, 0.2) is 24.3 Å². The van der Waals surface area contributed by atoms with Gasteiger partial charge in [0.05, 0.1) is 18.0 Å². The van der Waals surface area contributed by atoms with Gasteiger partial charge < -0.3 is 4.74 Å². The molecule has 2 amide bonds. The molecule has 16 heavy (non-hydrogen) atoms. The number of hydrogen-bond acceptors (Lipinski definition) is 4. The quantitative estimate of drug-likeness (QED) is 0.622. The molecule has 0 aliphatic carbocycles. The molecule has 5 heteroatoms. The predicted octanol–water partition coefficient (Wildman–Crippen LogP) is 1.26. The summed E-state index contributed by atoms with van der Waals surface area (Å²) in [5.41, 5.74) is 0.533. The molecule has 1 fully saturated rings. The monoisotopic (exact) mass is 237 g/mol. The Morgan fingerprint density at radius 1 is 1.44 bits per heavy atom. The average Bonchev–Trinajstić information content (AvgIpc) is 2.53. The molecule has 0 N–H and O–H groups in total. The summed E-state index contributed by atoms with van der Waals surface area (Å²) < 4.78 is 5.04. The summed E-state index contributed by atoms with van der Waals surface area (Å²) in [6.45, 7) is 0. The molecule has 1 atom stereocenters. The van der Waals surface area contributed by atoms with Crippen molar-refractivity contribution in [2.75, 3.05) is 12.0 Å². The van der Waals surface area contributed by atoms with E-state index in [1.54, 1.807) is 24.3 Å². The van der Waals surface area contributed by atoms with Gasteiger partial charge in [-0.15, -0.1) is 0 Å². The molecule has 2 rings (SSSR count). The average molecular weight is 237 g/mol. The second-order valence-corrected chi connectivity index (χ2v) is 4.11. The largest absolute Gasteiger partial charge is 0.497 e. The zero-order valence-corrected chi connectivity index (χ0v) is 9.61. The lowest BCUT2D eigenvalue weighted by molar-refractivity contribution is -0.121. The minimum absolute atomic E-state index is 0.152. The molecule has 1 aromatic carbocycles. The Morgan fingerprint density at radius 3 is 2.75 bits per heavy atom. The van der Waals surface area contributed by atoms with E-state index in [0.29, 0.717) is 11.4 Å². The third-order valence-corrected chi connectivity index (χ3v) is 2.84. The Balaban J connectivity index is 2.36. The zero-order valence-electron chi connectivity index (χ0n) is 8.71. The van der Waals surface area contributed by atoms with Crippen LogP contribution >= 0.6 is 12.6 Å². The van der Waals surface area contributed by atoms with E-state index in [2.05, 4.69) is 12.6 Å². The number of ether oxygens (including phenoxy) is 1. The number of carbonyl (C=O) groups is 2. The molecule has 0 radical (unpaired) electrons. The van der Waals surface area contributed by atoms with Gasteiger partial charge in [-0.05, 0) is 12.1 Å². The highest BCUT2D eigenvalue weighted by atomic mass is 32.1. The van der Waals surface area contributed by atoms with Crippen molar-refractivity contribution in [2.24, 2.45) is 0 Å². The van der Waals surface area contributed by atoms with Gasteiger partial charge in [0.1, 0.15) is 5.75 Å². The summed E-state index contributed by atoms with van der Waals surface area (Å²) >= 11 is 4.06. The minimum atomic E-state index is -0.529. The minimum Gasteiger partial charge on any atom is -0.497 e. The number of anilines is 1. The van der Waals surface area contributed by atoms with Gasteiger partial charge in [-0.2, -0.15) is 12.6 Å². The van der Waals surface area contributed by atoms with Gasteiger partial charge in [-0.25, -0.2) is 4.90 Å². The molecular formula is C11H11NO3S. The fraction of sp³-hybridized carbons (Fsp3) is 0.273. The van der Waals surface area contributed by atoms with E-state index < -0.39 is 5.25 Å². The molecule has 1 aliphatic heterocycles. The van der Waals surface area contributed by atoms with Gasteiger partial charge in [0.15, 0.2) is 0 Å². The van der Waals surface area contributed by atoms with Crippen LogP contribution in [0.4, 0.5) is 5.69 Å². The maximum atomic E-state index is 11.7. The molecule has 4 nitrogen and oxygen atoms in total. The molecule has 1 heterocycles. The fourth-order valence-corrected chi connectivity index (χ4v) is 1.91. The lowest BCUT2D eigenvalue weighted by atomic mass is 10.3. The van der Waals surface area contributed by atoms with E-state index in [9.17, 15) is 9.59 Å². The van der Waals surface area contributed by atoms with E-state index in [0.717, 1.165) is 4.90 Å². The zero-order chi connectivity index (χ0) is 11.7. The van der Waals surface area contributed by atoms with E-state index in [4.69, 9.17) is 4.74 Å². The standard InChI is InChI=1S/C11H11NO3S/c1-15-8-4-2-3-7(5-8)12-10(13)6-9(16)11(12)14/h2-5,9,16H,6H2,1H3. The maximum absolute atomic E-state index is 11.7. The molecule has 1 saturated heterocycles. The van der Waals surface area contributed by atoms with E-state index in [-0.39, 0.29) is 18.2 Å². The highest BCUT2D eigenvalue weighted by Gasteiger charge is 2.37. The van der Waals surface area contributed by atoms with Crippen LogP contribution in [0.5, 0.6) is 5.75 Å². The predicted molar refractivity (Wildman–Crippen MR) is 62.9 cm³/mol. The number of hydrogen-bond donors (Lipinski definition) is 1. The third-order valence-electron chi connectivity index (χ3n) is 2.43. The second kappa shape index (κ2) is 4.17. The van der Waals surface area contributed by atoms with Crippen LogP contribution in [0.1, 0.15) is 6.42 Å². The Hall–Kier alpha value is -1.49. The van der Waals surface area contributed by atoms with Gasteiger partial charge in [-0.1, -0.05) is 6.07 Å². The third kappa shape index (κ3) is 1.78. The topological polar surface area (TPSA) is 46.6 Å². The van der Waals surface area contributed by atoms with Crippen molar-refractivity contribution in [2.45, 2.75) is 11.7 Å². The van der Waals surface area contributed by atoms with Gasteiger partial charge in [0.25, 0.3) is 0 Å². The van der Waals surface area contributed by atoms with Gasteiger partial charge in [0.2, 0.25) is 11.8 Å². The molecule has 0 saturated carbocycles. The highest BCUT2D eigenvalue weighted by molar-refractivity contribution is 7.82. The first-order valence-electron chi connectivity index (χ1n) is 4.82. The smallest absolute Gasteiger partial charge is 0.247 e. The lowest BCUT2D eigenvalue weighted by Crippen LogP contribution is -2.30. The number of imide groups is 1. The molecule has 0 spiro atoms. The summed E-state index contributed by atoms with van der Waals surface area (Å²) in [7, 11) is 1.54. The number of benzene rings is 1. The molecule has 0 aromatic heterocycles. The van der Waals surface area contributed by atoms with Crippen LogP contribution in [0.2, 0.25) is 0 Å². The number of thiol groups is 1. The summed E-state index contributed by atoms with van der Waals surface area (Å²) in [5.74, 6) is 0.112. The normalized spacial score (nSPS) is 20.4. The Bertz CT molecular complexity index is 447. The number of nitrogens with zero attached hydrogens (tertiary/aromatic N) is 1. The van der Waals surface area contributed by atoms with Crippen molar-refractivity contribution >= 4 is 30.1 Å². The number of rotatable bonds is 2.